The highest BCUT2D eigenvalue weighted by Gasteiger charge is 2.21. The van der Waals surface area contributed by atoms with E-state index in [9.17, 15) is 9.50 Å². The van der Waals surface area contributed by atoms with E-state index < -0.39 is 5.82 Å². The van der Waals surface area contributed by atoms with Gasteiger partial charge in [-0.1, -0.05) is 6.92 Å². The van der Waals surface area contributed by atoms with E-state index in [2.05, 4.69) is 11.8 Å². The van der Waals surface area contributed by atoms with Crippen molar-refractivity contribution in [3.63, 3.8) is 0 Å². The third-order valence-electron chi connectivity index (χ3n) is 2.77. The molecular weight excluding hydrogens is 181 g/mol. The molecule has 0 bridgehead atoms. The quantitative estimate of drug-likeness (QED) is 0.685. The van der Waals surface area contributed by atoms with Gasteiger partial charge in [0.15, 0.2) is 11.6 Å². The Morgan fingerprint density at radius 1 is 1.50 bits per heavy atom. The summed E-state index contributed by atoms with van der Waals surface area (Å²) in [5, 5.41) is 9.25. The number of likely N-dealkylation sites (N-methyl/N-ethyl adjacent to an activating group) is 1. The Balaban J connectivity index is 2.49. The Bertz CT molecular complexity index is 365. The fourth-order valence-corrected chi connectivity index (χ4v) is 2.14. The fourth-order valence-electron chi connectivity index (χ4n) is 2.14. The Morgan fingerprint density at radius 3 is 2.93 bits per heavy atom. The van der Waals surface area contributed by atoms with E-state index in [1.54, 1.807) is 0 Å². The van der Waals surface area contributed by atoms with Gasteiger partial charge < -0.3 is 10.0 Å². The van der Waals surface area contributed by atoms with Crippen LogP contribution in [-0.4, -0.2) is 23.6 Å². The molecule has 0 aromatic heterocycles. The average Bonchev–Trinajstić information content (AvgIpc) is 2.08. The summed E-state index contributed by atoms with van der Waals surface area (Å²) >= 11 is 0. The van der Waals surface area contributed by atoms with E-state index in [0.29, 0.717) is 5.92 Å². The lowest BCUT2D eigenvalue weighted by molar-refractivity contribution is 0.286. The topological polar surface area (TPSA) is 23.5 Å². The molecule has 0 amide bonds. The second-order valence-corrected chi connectivity index (χ2v) is 4.10. The SMILES string of the molecule is CC1CN(C)Cc2cc(O)c(F)cc21. The molecule has 0 saturated heterocycles. The van der Waals surface area contributed by atoms with Crippen LogP contribution in [-0.2, 0) is 6.54 Å². The van der Waals surface area contributed by atoms with E-state index in [0.717, 1.165) is 24.2 Å². The molecule has 2 rings (SSSR count). The van der Waals surface area contributed by atoms with Crippen LogP contribution in [0.25, 0.3) is 0 Å². The molecule has 3 heteroatoms. The van der Waals surface area contributed by atoms with Crippen molar-refractivity contribution in [2.24, 2.45) is 0 Å². The van der Waals surface area contributed by atoms with Crippen molar-refractivity contribution < 1.29 is 9.50 Å². The first-order valence-electron chi connectivity index (χ1n) is 4.77. The van der Waals surface area contributed by atoms with Crippen molar-refractivity contribution in [3.8, 4) is 5.75 Å². The number of rotatable bonds is 0. The first kappa shape index (κ1) is 9.46. The summed E-state index contributed by atoms with van der Waals surface area (Å²) in [5.74, 6) is -0.426. The van der Waals surface area contributed by atoms with Gasteiger partial charge in [-0.3, -0.25) is 0 Å². The largest absolute Gasteiger partial charge is 0.505 e. The number of phenols is 1. The molecule has 76 valence electrons. The number of hydrogen-bond acceptors (Lipinski definition) is 2. The summed E-state index contributed by atoms with van der Waals surface area (Å²) in [6.45, 7) is 3.80. The Kier molecular flexibility index (Phi) is 2.19. The number of halogens is 1. The van der Waals surface area contributed by atoms with Gasteiger partial charge >= 0.3 is 0 Å². The lowest BCUT2D eigenvalue weighted by atomic mass is 9.91. The Hall–Kier alpha value is -1.09. The molecule has 1 aliphatic heterocycles. The first-order valence-corrected chi connectivity index (χ1v) is 4.77. The smallest absolute Gasteiger partial charge is 0.165 e. The summed E-state index contributed by atoms with van der Waals surface area (Å²) in [6, 6.07) is 3.00. The molecule has 1 unspecified atom stereocenters. The molecule has 1 atom stereocenters. The van der Waals surface area contributed by atoms with Crippen LogP contribution in [0.3, 0.4) is 0 Å². The van der Waals surface area contributed by atoms with Crippen LogP contribution < -0.4 is 0 Å². The summed E-state index contributed by atoms with van der Waals surface area (Å²) in [7, 11) is 2.03. The predicted molar refractivity (Wildman–Crippen MR) is 52.8 cm³/mol. The van der Waals surface area contributed by atoms with E-state index in [4.69, 9.17) is 0 Å². The van der Waals surface area contributed by atoms with Gasteiger partial charge in [0, 0.05) is 13.1 Å². The number of benzene rings is 1. The van der Waals surface area contributed by atoms with Crippen molar-refractivity contribution >= 4 is 0 Å². The van der Waals surface area contributed by atoms with Crippen molar-refractivity contribution in [3.05, 3.63) is 29.1 Å². The van der Waals surface area contributed by atoms with Crippen molar-refractivity contribution in [2.75, 3.05) is 13.6 Å². The minimum atomic E-state index is -0.514. The highest BCUT2D eigenvalue weighted by Crippen LogP contribution is 2.31. The molecule has 1 heterocycles. The Morgan fingerprint density at radius 2 is 2.21 bits per heavy atom. The fraction of sp³-hybridized carbons (Fsp3) is 0.455. The number of hydrogen-bond donors (Lipinski definition) is 1. The Labute approximate surface area is 83.0 Å². The van der Waals surface area contributed by atoms with Gasteiger partial charge in [0.05, 0.1) is 0 Å². The minimum absolute atomic E-state index is 0.244. The molecule has 1 aromatic carbocycles. The number of fused-ring (bicyclic) bond motifs is 1. The zero-order valence-electron chi connectivity index (χ0n) is 8.42. The predicted octanol–water partition coefficient (Wildman–Crippen LogP) is 2.08. The van der Waals surface area contributed by atoms with Crippen LogP contribution in [0.1, 0.15) is 24.0 Å². The van der Waals surface area contributed by atoms with Gasteiger partial charge in [-0.25, -0.2) is 4.39 Å². The lowest BCUT2D eigenvalue weighted by Gasteiger charge is -2.30. The van der Waals surface area contributed by atoms with E-state index in [-0.39, 0.29) is 5.75 Å². The lowest BCUT2D eigenvalue weighted by Crippen LogP contribution is -2.29. The molecule has 0 fully saturated rings. The van der Waals surface area contributed by atoms with Gasteiger partial charge in [-0.15, -0.1) is 0 Å². The van der Waals surface area contributed by atoms with Crippen LogP contribution in [0.5, 0.6) is 5.75 Å². The number of phenolic OH excluding ortho intramolecular Hbond substituents is 1. The highest BCUT2D eigenvalue weighted by molar-refractivity contribution is 5.39. The van der Waals surface area contributed by atoms with Gasteiger partial charge in [0.2, 0.25) is 0 Å². The first-order chi connectivity index (χ1) is 6.58. The summed E-state index contributed by atoms with van der Waals surface area (Å²) < 4.78 is 13.1. The molecule has 14 heavy (non-hydrogen) atoms. The standard InChI is InChI=1S/C11H14FNO/c1-7-5-13(2)6-8-3-11(14)10(12)4-9(7)8/h3-4,7,14H,5-6H2,1-2H3. The maximum Gasteiger partial charge on any atom is 0.165 e. The third-order valence-corrected chi connectivity index (χ3v) is 2.77. The van der Waals surface area contributed by atoms with Crippen molar-refractivity contribution in [1.29, 1.82) is 0 Å². The van der Waals surface area contributed by atoms with E-state index in [1.165, 1.54) is 12.1 Å². The van der Waals surface area contributed by atoms with E-state index in [1.807, 2.05) is 7.05 Å². The average molecular weight is 195 g/mol. The zero-order chi connectivity index (χ0) is 10.3. The monoisotopic (exact) mass is 195 g/mol. The van der Waals surface area contributed by atoms with Crippen LogP contribution >= 0.6 is 0 Å². The minimum Gasteiger partial charge on any atom is -0.505 e. The van der Waals surface area contributed by atoms with Crippen LogP contribution in [0.2, 0.25) is 0 Å². The molecular formula is C11H14FNO. The summed E-state index contributed by atoms with van der Waals surface area (Å²) in [4.78, 5) is 2.17. The van der Waals surface area contributed by atoms with Gasteiger partial charge in [0.25, 0.3) is 0 Å². The normalized spacial score (nSPS) is 22.1. The molecule has 1 aliphatic rings. The van der Waals surface area contributed by atoms with Gasteiger partial charge in [-0.05, 0) is 36.2 Å². The molecule has 0 aliphatic carbocycles. The molecule has 0 spiro atoms. The zero-order valence-corrected chi connectivity index (χ0v) is 8.42. The highest BCUT2D eigenvalue weighted by atomic mass is 19.1. The van der Waals surface area contributed by atoms with Crippen LogP contribution in [0.4, 0.5) is 4.39 Å². The van der Waals surface area contributed by atoms with Crippen LogP contribution in [0, 0.1) is 5.82 Å². The summed E-state index contributed by atoms with van der Waals surface area (Å²) in [5.41, 5.74) is 2.06. The van der Waals surface area contributed by atoms with Crippen molar-refractivity contribution in [2.45, 2.75) is 19.4 Å². The molecule has 1 aromatic rings. The van der Waals surface area contributed by atoms with Gasteiger partial charge in [-0.2, -0.15) is 0 Å². The molecule has 2 nitrogen and oxygen atoms in total. The van der Waals surface area contributed by atoms with Gasteiger partial charge in [0.1, 0.15) is 0 Å². The van der Waals surface area contributed by atoms with E-state index >= 15 is 0 Å². The number of nitrogens with zero attached hydrogens (tertiary/aromatic N) is 1. The van der Waals surface area contributed by atoms with Crippen molar-refractivity contribution in [1.82, 2.24) is 4.90 Å². The maximum absolute atomic E-state index is 13.1. The summed E-state index contributed by atoms with van der Waals surface area (Å²) in [6.07, 6.45) is 0. The molecule has 1 N–H and O–H groups in total. The maximum atomic E-state index is 13.1. The second kappa shape index (κ2) is 3.24. The van der Waals surface area contributed by atoms with Crippen LogP contribution in [0.15, 0.2) is 12.1 Å². The third kappa shape index (κ3) is 1.48. The second-order valence-electron chi connectivity index (χ2n) is 4.10. The number of aromatic hydroxyl groups is 1. The molecule has 0 saturated carbocycles. The molecule has 0 radical (unpaired) electrons.